The number of hydrogen-bond acceptors (Lipinski definition) is 7. The highest BCUT2D eigenvalue weighted by atomic mass is 35.5. The van der Waals surface area contributed by atoms with E-state index in [1.165, 1.54) is 6.07 Å². The lowest BCUT2D eigenvalue weighted by Crippen LogP contribution is -2.49. The Kier molecular flexibility index (Phi) is 6.42. The molecule has 2 aromatic carbocycles. The molecule has 0 bridgehead atoms. The van der Waals surface area contributed by atoms with Crippen molar-refractivity contribution in [3.63, 3.8) is 0 Å². The highest BCUT2D eigenvalue weighted by molar-refractivity contribution is 7.89. The number of aromatic nitrogens is 2. The van der Waals surface area contributed by atoms with E-state index < -0.39 is 10.0 Å². The van der Waals surface area contributed by atoms with Crippen molar-refractivity contribution in [1.29, 1.82) is 0 Å². The topological polar surface area (TPSA) is 95.5 Å². The van der Waals surface area contributed by atoms with E-state index in [0.717, 1.165) is 23.0 Å². The maximum Gasteiger partial charge on any atom is 0.242 e. The minimum absolute atomic E-state index is 0.0305. The summed E-state index contributed by atoms with van der Waals surface area (Å²) in [6.45, 7) is 4.65. The zero-order valence-corrected chi connectivity index (χ0v) is 19.3. The van der Waals surface area contributed by atoms with Crippen LogP contribution in [0.3, 0.4) is 0 Å². The molecule has 1 fully saturated rings. The number of carbonyl (C=O) groups excluding carboxylic acids is 1. The van der Waals surface area contributed by atoms with Crippen molar-refractivity contribution in [1.82, 2.24) is 18.4 Å². The highest BCUT2D eigenvalue weighted by Gasteiger charge is 2.23. The second kappa shape index (κ2) is 9.07. The summed E-state index contributed by atoms with van der Waals surface area (Å²) >= 11 is 7.09. The molecular weight excluding hydrogens is 458 g/mol. The van der Waals surface area contributed by atoms with Gasteiger partial charge in [-0.15, -0.1) is 0 Å². The normalized spacial score (nSPS) is 14.9. The molecule has 1 aliphatic rings. The summed E-state index contributed by atoms with van der Waals surface area (Å²) in [5.41, 5.74) is 3.11. The van der Waals surface area contributed by atoms with Crippen LogP contribution in [0.2, 0.25) is 5.02 Å². The first kappa shape index (κ1) is 21.9. The lowest BCUT2D eigenvalue weighted by atomic mass is 10.1. The van der Waals surface area contributed by atoms with Gasteiger partial charge in [-0.05, 0) is 36.8 Å². The van der Waals surface area contributed by atoms with Gasteiger partial charge in [-0.3, -0.25) is 4.79 Å². The Hall–Kier alpha value is -2.27. The molecule has 1 saturated heterocycles. The standard InChI is InChI=1S/C20H22ClN5O3S2/c1-14-5-6-15(21)13-17(14)25-9-11-26(12-10-25)19(27)7-8-22-31(28,29)18-4-2-3-16-20(18)24-30-23-16/h2-6,13,22H,7-12H2,1H3. The van der Waals surface area contributed by atoms with Gasteiger partial charge in [0, 0.05) is 49.9 Å². The van der Waals surface area contributed by atoms with Crippen molar-refractivity contribution in [2.45, 2.75) is 18.2 Å². The van der Waals surface area contributed by atoms with Crippen LogP contribution in [0.15, 0.2) is 41.3 Å². The quantitative estimate of drug-likeness (QED) is 0.584. The number of amides is 1. The van der Waals surface area contributed by atoms with Crippen molar-refractivity contribution < 1.29 is 13.2 Å². The number of piperazine rings is 1. The van der Waals surface area contributed by atoms with Crippen LogP contribution in [0.5, 0.6) is 0 Å². The first-order valence-corrected chi connectivity index (χ1v) is 12.4. The molecule has 3 aromatic rings. The van der Waals surface area contributed by atoms with Gasteiger partial charge in [0.25, 0.3) is 0 Å². The summed E-state index contributed by atoms with van der Waals surface area (Å²) in [7, 11) is -3.77. The van der Waals surface area contributed by atoms with E-state index in [4.69, 9.17) is 11.6 Å². The second-order valence-corrected chi connectivity index (χ2v) is 10.0. The van der Waals surface area contributed by atoms with E-state index in [9.17, 15) is 13.2 Å². The Labute approximate surface area is 190 Å². The molecule has 0 saturated carbocycles. The number of fused-ring (bicyclic) bond motifs is 1. The summed E-state index contributed by atoms with van der Waals surface area (Å²) < 4.78 is 35.9. The van der Waals surface area contributed by atoms with Crippen LogP contribution in [0, 0.1) is 6.92 Å². The molecule has 1 aromatic heterocycles. The van der Waals surface area contributed by atoms with E-state index in [1.807, 2.05) is 25.1 Å². The number of halogens is 1. The Morgan fingerprint density at radius 1 is 1.16 bits per heavy atom. The van der Waals surface area contributed by atoms with E-state index in [-0.39, 0.29) is 23.8 Å². The van der Waals surface area contributed by atoms with Gasteiger partial charge in [-0.2, -0.15) is 8.75 Å². The largest absolute Gasteiger partial charge is 0.368 e. The molecule has 4 rings (SSSR count). The van der Waals surface area contributed by atoms with Crippen molar-refractivity contribution in [2.24, 2.45) is 0 Å². The minimum atomic E-state index is -3.77. The molecule has 0 radical (unpaired) electrons. The Morgan fingerprint density at radius 3 is 2.71 bits per heavy atom. The molecule has 1 aliphatic heterocycles. The first-order chi connectivity index (χ1) is 14.8. The molecular formula is C20H22ClN5O3S2. The van der Waals surface area contributed by atoms with Crippen LogP contribution >= 0.6 is 23.3 Å². The van der Waals surface area contributed by atoms with Crippen LogP contribution in [0.4, 0.5) is 5.69 Å². The third-order valence-electron chi connectivity index (χ3n) is 5.31. The average molecular weight is 480 g/mol. The SMILES string of the molecule is Cc1ccc(Cl)cc1N1CCN(C(=O)CCNS(=O)(=O)c2cccc3nsnc23)CC1. The van der Waals surface area contributed by atoms with Crippen LogP contribution in [0.25, 0.3) is 11.0 Å². The second-order valence-electron chi connectivity index (χ2n) is 7.33. The molecule has 0 atom stereocenters. The number of benzene rings is 2. The maximum absolute atomic E-state index is 12.6. The Balaban J connectivity index is 1.31. The summed E-state index contributed by atoms with van der Waals surface area (Å²) in [6.07, 6.45) is 0.0979. The Morgan fingerprint density at radius 2 is 1.94 bits per heavy atom. The number of carbonyl (C=O) groups is 1. The molecule has 1 N–H and O–H groups in total. The van der Waals surface area contributed by atoms with E-state index in [0.29, 0.717) is 42.2 Å². The third kappa shape index (κ3) is 4.82. The molecule has 11 heteroatoms. The van der Waals surface area contributed by atoms with Crippen LogP contribution in [0.1, 0.15) is 12.0 Å². The van der Waals surface area contributed by atoms with Gasteiger partial charge < -0.3 is 9.80 Å². The minimum Gasteiger partial charge on any atom is -0.368 e. The third-order valence-corrected chi connectivity index (χ3v) is 7.58. The predicted molar refractivity (Wildman–Crippen MR) is 122 cm³/mol. The molecule has 164 valence electrons. The fraction of sp³-hybridized carbons (Fsp3) is 0.350. The van der Waals surface area contributed by atoms with E-state index >= 15 is 0 Å². The number of nitrogens with zero attached hydrogens (tertiary/aromatic N) is 4. The molecule has 0 unspecified atom stereocenters. The number of anilines is 1. The molecule has 8 nitrogen and oxygen atoms in total. The zero-order chi connectivity index (χ0) is 22.0. The van der Waals surface area contributed by atoms with Crippen molar-refractivity contribution in [3.8, 4) is 0 Å². The van der Waals surface area contributed by atoms with Crippen molar-refractivity contribution in [3.05, 3.63) is 47.0 Å². The average Bonchev–Trinajstić information content (AvgIpc) is 3.24. The number of hydrogen-bond donors (Lipinski definition) is 1. The van der Waals surface area contributed by atoms with Gasteiger partial charge in [0.2, 0.25) is 15.9 Å². The van der Waals surface area contributed by atoms with E-state index in [1.54, 1.807) is 17.0 Å². The van der Waals surface area contributed by atoms with Crippen LogP contribution < -0.4 is 9.62 Å². The monoisotopic (exact) mass is 479 g/mol. The summed E-state index contributed by atoms with van der Waals surface area (Å²) in [6, 6.07) is 10.6. The van der Waals surface area contributed by atoms with Gasteiger partial charge >= 0.3 is 0 Å². The van der Waals surface area contributed by atoms with Gasteiger partial charge in [0.05, 0.1) is 11.7 Å². The summed E-state index contributed by atoms with van der Waals surface area (Å²) in [5, 5.41) is 0.690. The maximum atomic E-state index is 12.6. The first-order valence-electron chi connectivity index (χ1n) is 9.85. The molecule has 31 heavy (non-hydrogen) atoms. The van der Waals surface area contributed by atoms with E-state index in [2.05, 4.69) is 18.4 Å². The fourth-order valence-electron chi connectivity index (χ4n) is 3.65. The van der Waals surface area contributed by atoms with Gasteiger partial charge in [0.1, 0.15) is 15.9 Å². The van der Waals surface area contributed by atoms with Gasteiger partial charge in [-0.25, -0.2) is 13.1 Å². The van der Waals surface area contributed by atoms with Crippen molar-refractivity contribution >= 4 is 56.0 Å². The molecule has 1 amide bonds. The fourth-order valence-corrected chi connectivity index (χ4v) is 5.61. The van der Waals surface area contributed by atoms with Gasteiger partial charge in [-0.1, -0.05) is 23.7 Å². The smallest absolute Gasteiger partial charge is 0.242 e. The van der Waals surface area contributed by atoms with Crippen molar-refractivity contribution in [2.75, 3.05) is 37.6 Å². The van der Waals surface area contributed by atoms with Gasteiger partial charge in [0.15, 0.2) is 0 Å². The predicted octanol–water partition coefficient (Wildman–Crippen LogP) is 2.67. The van der Waals surface area contributed by atoms with Crippen LogP contribution in [-0.4, -0.2) is 60.7 Å². The lowest BCUT2D eigenvalue weighted by Gasteiger charge is -2.37. The molecule has 0 aliphatic carbocycles. The number of sulfonamides is 1. The molecule has 2 heterocycles. The molecule has 0 spiro atoms. The van der Waals surface area contributed by atoms with Crippen LogP contribution in [-0.2, 0) is 14.8 Å². The summed E-state index contributed by atoms with van der Waals surface area (Å²) in [4.78, 5) is 16.7. The summed E-state index contributed by atoms with van der Waals surface area (Å²) in [5.74, 6) is -0.0706. The number of rotatable bonds is 6. The highest BCUT2D eigenvalue weighted by Crippen LogP contribution is 2.25. The Bertz CT molecular complexity index is 1210. The number of aryl methyl sites for hydroxylation is 1. The zero-order valence-electron chi connectivity index (χ0n) is 16.9. The lowest BCUT2D eigenvalue weighted by molar-refractivity contribution is -0.131. The number of nitrogens with one attached hydrogen (secondary N) is 1.